The summed E-state index contributed by atoms with van der Waals surface area (Å²) < 4.78 is 0. The minimum Gasteiger partial charge on any atom is -0.309 e. The van der Waals surface area contributed by atoms with Crippen LogP contribution >= 0.6 is 11.6 Å². The van der Waals surface area contributed by atoms with E-state index in [1.54, 1.807) is 18.2 Å². The summed E-state index contributed by atoms with van der Waals surface area (Å²) in [6, 6.07) is 5.23. The predicted octanol–water partition coefficient (Wildman–Crippen LogP) is 2.81. The molecule has 0 aliphatic carbocycles. The topological polar surface area (TPSA) is 49.0 Å². The Labute approximate surface area is 122 Å². The van der Waals surface area contributed by atoms with Gasteiger partial charge in [0.1, 0.15) is 5.82 Å². The lowest BCUT2D eigenvalue weighted by Gasteiger charge is -2.30. The molecular weight excluding hydrogens is 274 g/mol. The molecule has 1 atom stereocenters. The molecule has 1 N–H and O–H groups in total. The van der Waals surface area contributed by atoms with E-state index >= 15 is 0 Å². The first-order valence-corrected chi connectivity index (χ1v) is 7.40. The quantitative estimate of drug-likeness (QED) is 0.925. The van der Waals surface area contributed by atoms with Crippen molar-refractivity contribution in [2.75, 3.05) is 13.1 Å². The molecule has 2 aromatic rings. The Morgan fingerprint density at radius 2 is 2.35 bits per heavy atom. The van der Waals surface area contributed by atoms with Gasteiger partial charge in [0.2, 0.25) is 0 Å². The predicted molar refractivity (Wildman–Crippen MR) is 81.0 cm³/mol. The summed E-state index contributed by atoms with van der Waals surface area (Å²) in [5.74, 6) is 1.45. The summed E-state index contributed by atoms with van der Waals surface area (Å²) in [5, 5.41) is 1.11. The number of nitrogens with one attached hydrogen (secondary N) is 1. The third-order valence-electron chi connectivity index (χ3n) is 3.83. The van der Waals surface area contributed by atoms with Crippen molar-refractivity contribution in [1.29, 1.82) is 0 Å². The highest BCUT2D eigenvalue weighted by atomic mass is 35.5. The smallest absolute Gasteiger partial charge is 0.258 e. The van der Waals surface area contributed by atoms with E-state index in [2.05, 4.69) is 21.8 Å². The molecule has 2 heterocycles. The molecule has 106 valence electrons. The molecule has 4 nitrogen and oxygen atoms in total. The van der Waals surface area contributed by atoms with Gasteiger partial charge in [-0.2, -0.15) is 0 Å². The molecule has 1 fully saturated rings. The first-order chi connectivity index (χ1) is 9.61. The van der Waals surface area contributed by atoms with Gasteiger partial charge in [0.25, 0.3) is 5.56 Å². The molecule has 1 aliphatic heterocycles. The van der Waals surface area contributed by atoms with Gasteiger partial charge >= 0.3 is 0 Å². The summed E-state index contributed by atoms with van der Waals surface area (Å²) in [4.78, 5) is 21.9. The number of aromatic amines is 1. The first-order valence-electron chi connectivity index (χ1n) is 7.02. The maximum Gasteiger partial charge on any atom is 0.258 e. The molecule has 0 amide bonds. The molecule has 20 heavy (non-hydrogen) atoms. The highest BCUT2D eigenvalue weighted by molar-refractivity contribution is 6.31. The normalized spacial score (nSPS) is 20.4. The summed E-state index contributed by atoms with van der Waals surface area (Å²) in [7, 11) is 0. The number of benzene rings is 1. The van der Waals surface area contributed by atoms with Crippen LogP contribution in [0.15, 0.2) is 23.0 Å². The zero-order chi connectivity index (χ0) is 14.1. The minimum absolute atomic E-state index is 0.113. The van der Waals surface area contributed by atoms with Gasteiger partial charge in [-0.1, -0.05) is 18.5 Å². The van der Waals surface area contributed by atoms with E-state index < -0.39 is 0 Å². The Morgan fingerprint density at radius 3 is 3.15 bits per heavy atom. The molecule has 0 bridgehead atoms. The summed E-state index contributed by atoms with van der Waals surface area (Å²) in [5.41, 5.74) is 0.593. The second-order valence-electron chi connectivity index (χ2n) is 5.66. The van der Waals surface area contributed by atoms with Gasteiger partial charge in [0.15, 0.2) is 0 Å². The molecule has 0 unspecified atom stereocenters. The second-order valence-corrected chi connectivity index (χ2v) is 6.09. The van der Waals surface area contributed by atoms with Crippen LogP contribution in [-0.2, 0) is 6.54 Å². The number of aromatic nitrogens is 2. The number of rotatable bonds is 2. The monoisotopic (exact) mass is 291 g/mol. The number of likely N-dealkylation sites (tertiary alicyclic amines) is 1. The Bertz CT molecular complexity index is 682. The van der Waals surface area contributed by atoms with Gasteiger partial charge in [0, 0.05) is 11.6 Å². The van der Waals surface area contributed by atoms with Crippen molar-refractivity contribution in [2.45, 2.75) is 26.3 Å². The van der Waals surface area contributed by atoms with Crippen LogP contribution in [0.25, 0.3) is 10.9 Å². The zero-order valence-electron chi connectivity index (χ0n) is 11.5. The van der Waals surface area contributed by atoms with Crippen molar-refractivity contribution in [1.82, 2.24) is 14.9 Å². The van der Waals surface area contributed by atoms with E-state index in [0.717, 1.165) is 24.8 Å². The van der Waals surface area contributed by atoms with Crippen molar-refractivity contribution in [3.8, 4) is 0 Å². The average molecular weight is 292 g/mol. The molecule has 1 aromatic carbocycles. The number of H-pyrrole nitrogens is 1. The molecule has 1 aliphatic rings. The molecule has 0 spiro atoms. The van der Waals surface area contributed by atoms with Crippen molar-refractivity contribution >= 4 is 22.5 Å². The zero-order valence-corrected chi connectivity index (χ0v) is 12.3. The Kier molecular flexibility index (Phi) is 3.76. The fraction of sp³-hybridized carbons (Fsp3) is 0.467. The minimum atomic E-state index is -0.113. The van der Waals surface area contributed by atoms with E-state index in [4.69, 9.17) is 11.6 Å². The van der Waals surface area contributed by atoms with Gasteiger partial charge in [-0.3, -0.25) is 9.69 Å². The lowest BCUT2D eigenvalue weighted by Crippen LogP contribution is -2.34. The summed E-state index contributed by atoms with van der Waals surface area (Å²) in [6.45, 7) is 5.12. The Morgan fingerprint density at radius 1 is 1.50 bits per heavy atom. The van der Waals surface area contributed by atoms with Crippen LogP contribution in [0.1, 0.15) is 25.6 Å². The summed E-state index contributed by atoms with van der Waals surface area (Å²) >= 11 is 5.91. The van der Waals surface area contributed by atoms with Gasteiger partial charge in [-0.25, -0.2) is 4.98 Å². The lowest BCUT2D eigenvalue weighted by atomic mass is 10.0. The van der Waals surface area contributed by atoms with Crippen LogP contribution in [0.5, 0.6) is 0 Å². The first kappa shape index (κ1) is 13.6. The van der Waals surface area contributed by atoms with E-state index in [0.29, 0.717) is 22.5 Å². The largest absolute Gasteiger partial charge is 0.309 e. The summed E-state index contributed by atoms with van der Waals surface area (Å²) in [6.07, 6.45) is 2.51. The van der Waals surface area contributed by atoms with Crippen molar-refractivity contribution in [3.63, 3.8) is 0 Å². The fourth-order valence-electron chi connectivity index (χ4n) is 2.88. The molecule has 0 saturated carbocycles. The van der Waals surface area contributed by atoms with Gasteiger partial charge < -0.3 is 4.98 Å². The number of hydrogen-bond acceptors (Lipinski definition) is 3. The third kappa shape index (κ3) is 2.86. The van der Waals surface area contributed by atoms with Crippen LogP contribution in [0.4, 0.5) is 0 Å². The molecular formula is C15H18ClN3O. The Hall–Kier alpha value is -1.39. The van der Waals surface area contributed by atoms with E-state index in [1.165, 1.54) is 12.8 Å². The third-order valence-corrected chi connectivity index (χ3v) is 4.07. The van der Waals surface area contributed by atoms with E-state index in [-0.39, 0.29) is 5.56 Å². The number of piperidine rings is 1. The number of halogens is 1. The number of hydrogen-bond donors (Lipinski definition) is 1. The van der Waals surface area contributed by atoms with Crippen molar-refractivity contribution < 1.29 is 0 Å². The SMILES string of the molecule is C[C@H]1CCCN(Cc2nc3ccc(Cl)cc3c(=O)[nH]2)C1. The molecule has 0 radical (unpaired) electrons. The highest BCUT2D eigenvalue weighted by Gasteiger charge is 2.17. The average Bonchev–Trinajstić information content (AvgIpc) is 2.40. The van der Waals surface area contributed by atoms with Crippen LogP contribution in [0.2, 0.25) is 5.02 Å². The standard InChI is InChI=1S/C15H18ClN3O/c1-10-3-2-6-19(8-10)9-14-17-13-5-4-11(16)7-12(13)15(20)18-14/h4-5,7,10H,2-3,6,8-9H2,1H3,(H,17,18,20)/t10-/m0/s1. The molecule has 3 rings (SSSR count). The van der Waals surface area contributed by atoms with Crippen LogP contribution in [0.3, 0.4) is 0 Å². The van der Waals surface area contributed by atoms with Crippen molar-refractivity contribution in [2.24, 2.45) is 5.92 Å². The molecule has 1 aromatic heterocycles. The van der Waals surface area contributed by atoms with Crippen LogP contribution in [-0.4, -0.2) is 28.0 Å². The molecule has 5 heteroatoms. The van der Waals surface area contributed by atoms with Gasteiger partial charge in [-0.05, 0) is 43.5 Å². The number of nitrogens with zero attached hydrogens (tertiary/aromatic N) is 2. The number of fused-ring (bicyclic) bond motifs is 1. The van der Waals surface area contributed by atoms with Gasteiger partial charge in [0.05, 0.1) is 17.4 Å². The van der Waals surface area contributed by atoms with Gasteiger partial charge in [-0.15, -0.1) is 0 Å². The fourth-order valence-corrected chi connectivity index (χ4v) is 3.05. The Balaban J connectivity index is 1.89. The highest BCUT2D eigenvalue weighted by Crippen LogP contribution is 2.18. The lowest BCUT2D eigenvalue weighted by molar-refractivity contribution is 0.173. The molecule has 1 saturated heterocycles. The second kappa shape index (κ2) is 5.54. The van der Waals surface area contributed by atoms with E-state index in [1.807, 2.05) is 0 Å². The van der Waals surface area contributed by atoms with E-state index in [9.17, 15) is 4.79 Å². The van der Waals surface area contributed by atoms with Crippen LogP contribution in [0, 0.1) is 5.92 Å². The van der Waals surface area contributed by atoms with Crippen LogP contribution < -0.4 is 5.56 Å². The maximum absolute atomic E-state index is 12.1. The maximum atomic E-state index is 12.1. The van der Waals surface area contributed by atoms with Crippen molar-refractivity contribution in [3.05, 3.63) is 39.4 Å².